The van der Waals surface area contributed by atoms with Crippen molar-refractivity contribution in [2.24, 2.45) is 0 Å². The first-order chi connectivity index (χ1) is 23.8. The molecule has 2 aromatic heterocycles. The van der Waals surface area contributed by atoms with E-state index in [0.717, 1.165) is 53.6 Å². The van der Waals surface area contributed by atoms with Gasteiger partial charge in [-0.05, 0) is 50.1 Å². The van der Waals surface area contributed by atoms with E-state index < -0.39 is 0 Å². The average Bonchev–Trinajstić information content (AvgIpc) is 3.48. The summed E-state index contributed by atoms with van der Waals surface area (Å²) in [5.41, 5.74) is 4.95. The van der Waals surface area contributed by atoms with E-state index in [1.54, 1.807) is 28.4 Å². The van der Waals surface area contributed by atoms with Gasteiger partial charge in [0, 0.05) is 54.9 Å². The molecule has 0 atom stereocenters. The zero-order valence-electron chi connectivity index (χ0n) is 29.4. The maximum absolute atomic E-state index is 11.4. The van der Waals surface area contributed by atoms with Gasteiger partial charge >= 0.3 is 0 Å². The van der Waals surface area contributed by atoms with Crippen molar-refractivity contribution >= 4 is 23.1 Å². The second-order valence-corrected chi connectivity index (χ2v) is 12.0. The quantitative estimate of drug-likeness (QED) is 0.0956. The monoisotopic (exact) mass is 667 g/mol. The molecule has 11 nitrogen and oxygen atoms in total. The van der Waals surface area contributed by atoms with E-state index in [1.807, 2.05) is 74.5 Å². The molecule has 0 saturated heterocycles. The highest BCUT2D eigenvalue weighted by Crippen LogP contribution is 2.36. The SMILES string of the molecule is CCCCc1nc2c(N(Cc3ccc(OC)cc3OC)Cc3ccc(OC)cc3OC)nnc(OC(C)C)c2n1Cc1ccc(C=O)cc1. The number of aryl methyl sites for hydroxylation is 1. The normalized spacial score (nSPS) is 11.1. The Labute approximate surface area is 287 Å². The number of methoxy groups -OCH3 is 4. The number of hydrogen-bond donors (Lipinski definition) is 0. The van der Waals surface area contributed by atoms with Crippen molar-refractivity contribution in [3.05, 3.63) is 88.7 Å². The number of benzene rings is 3. The Kier molecular flexibility index (Phi) is 11.6. The second-order valence-electron chi connectivity index (χ2n) is 12.0. The van der Waals surface area contributed by atoms with Gasteiger partial charge in [0.25, 0.3) is 5.88 Å². The molecule has 11 heteroatoms. The molecule has 2 heterocycles. The number of ether oxygens (including phenoxy) is 5. The molecule has 5 aromatic rings. The summed E-state index contributed by atoms with van der Waals surface area (Å²) in [7, 11) is 6.56. The van der Waals surface area contributed by atoms with Crippen LogP contribution in [-0.2, 0) is 26.1 Å². The lowest BCUT2D eigenvalue weighted by Gasteiger charge is -2.26. The number of aldehydes is 1. The number of nitrogens with zero attached hydrogens (tertiary/aromatic N) is 5. The molecular weight excluding hydrogens is 622 g/mol. The van der Waals surface area contributed by atoms with E-state index >= 15 is 0 Å². The molecule has 0 aliphatic carbocycles. The minimum atomic E-state index is -0.138. The van der Waals surface area contributed by atoms with Crippen LogP contribution < -0.4 is 28.6 Å². The predicted octanol–water partition coefficient (Wildman–Crippen LogP) is 7.06. The standard InChI is InChI=1S/C38H45N5O6/c1-8-9-10-34-39-35-36(43(34)21-26-11-13-27(24-44)14-12-26)38(49-25(2)3)41-40-37(35)42(22-28-15-17-30(45-4)19-32(28)47-6)23-29-16-18-31(46-5)20-33(29)48-7/h11-20,24-25H,8-10,21-23H2,1-7H3. The van der Waals surface area contributed by atoms with Gasteiger partial charge in [-0.25, -0.2) is 4.98 Å². The summed E-state index contributed by atoms with van der Waals surface area (Å²) in [4.78, 5) is 18.8. The number of rotatable bonds is 17. The third-order valence-electron chi connectivity index (χ3n) is 8.26. The zero-order valence-corrected chi connectivity index (χ0v) is 29.4. The van der Waals surface area contributed by atoms with Gasteiger partial charge in [0.05, 0.1) is 34.5 Å². The number of unbranched alkanes of at least 4 members (excludes halogenated alkanes) is 1. The van der Waals surface area contributed by atoms with Gasteiger partial charge in [0.15, 0.2) is 5.82 Å². The Balaban J connectivity index is 1.72. The number of carbonyl (C=O) groups excluding carboxylic acids is 1. The molecule has 0 bridgehead atoms. The van der Waals surface area contributed by atoms with Crippen LogP contribution in [-0.4, -0.2) is 60.6 Å². The van der Waals surface area contributed by atoms with Gasteiger partial charge in [-0.15, -0.1) is 10.2 Å². The lowest BCUT2D eigenvalue weighted by molar-refractivity contribution is 0.112. The van der Waals surface area contributed by atoms with Crippen molar-refractivity contribution in [3.63, 3.8) is 0 Å². The van der Waals surface area contributed by atoms with Crippen molar-refractivity contribution in [2.75, 3.05) is 33.3 Å². The van der Waals surface area contributed by atoms with Gasteiger partial charge in [-0.3, -0.25) is 4.79 Å². The van der Waals surface area contributed by atoms with E-state index in [0.29, 0.717) is 65.4 Å². The van der Waals surface area contributed by atoms with Crippen LogP contribution in [0.2, 0.25) is 0 Å². The molecule has 0 N–H and O–H groups in total. The molecule has 0 unspecified atom stereocenters. The third-order valence-corrected chi connectivity index (χ3v) is 8.26. The number of anilines is 1. The van der Waals surface area contributed by atoms with Gasteiger partial charge < -0.3 is 33.2 Å². The summed E-state index contributed by atoms with van der Waals surface area (Å²) in [5.74, 6) is 4.67. The molecule has 0 amide bonds. The Morgan fingerprint density at radius 1 is 0.816 bits per heavy atom. The summed E-state index contributed by atoms with van der Waals surface area (Å²) in [6.45, 7) is 7.46. The molecule has 0 aliphatic rings. The van der Waals surface area contributed by atoms with Gasteiger partial charge in [0.1, 0.15) is 46.1 Å². The molecule has 0 saturated carbocycles. The van der Waals surface area contributed by atoms with Crippen molar-refractivity contribution < 1.29 is 28.5 Å². The fourth-order valence-electron chi connectivity index (χ4n) is 5.74. The predicted molar refractivity (Wildman–Crippen MR) is 190 cm³/mol. The van der Waals surface area contributed by atoms with E-state index in [-0.39, 0.29) is 6.10 Å². The maximum Gasteiger partial charge on any atom is 0.260 e. The maximum atomic E-state index is 11.4. The minimum Gasteiger partial charge on any atom is -0.497 e. The van der Waals surface area contributed by atoms with Crippen LogP contribution in [0.5, 0.6) is 28.9 Å². The van der Waals surface area contributed by atoms with E-state index in [2.05, 4.69) is 16.4 Å². The summed E-state index contributed by atoms with van der Waals surface area (Å²) in [6.07, 6.45) is 3.44. The first-order valence-electron chi connectivity index (χ1n) is 16.5. The van der Waals surface area contributed by atoms with E-state index in [4.69, 9.17) is 38.9 Å². The summed E-state index contributed by atoms with van der Waals surface area (Å²) < 4.78 is 31.0. The molecule has 258 valence electrons. The Morgan fingerprint density at radius 3 is 1.94 bits per heavy atom. The lowest BCUT2D eigenvalue weighted by Crippen LogP contribution is -2.25. The number of fused-ring (bicyclic) bond motifs is 1. The molecule has 0 spiro atoms. The summed E-state index contributed by atoms with van der Waals surface area (Å²) in [5, 5.41) is 9.49. The first kappa shape index (κ1) is 35.0. The minimum absolute atomic E-state index is 0.138. The van der Waals surface area contributed by atoms with Gasteiger partial charge in [-0.1, -0.05) is 37.6 Å². The fourth-order valence-corrected chi connectivity index (χ4v) is 5.74. The van der Waals surface area contributed by atoms with Crippen molar-refractivity contribution in [1.29, 1.82) is 0 Å². The van der Waals surface area contributed by atoms with Crippen molar-refractivity contribution in [1.82, 2.24) is 19.7 Å². The number of imidazole rings is 1. The van der Waals surface area contributed by atoms with Crippen LogP contribution in [0.4, 0.5) is 5.82 Å². The highest BCUT2D eigenvalue weighted by molar-refractivity contribution is 5.90. The Morgan fingerprint density at radius 2 is 1.43 bits per heavy atom. The van der Waals surface area contributed by atoms with Crippen LogP contribution in [0.3, 0.4) is 0 Å². The Bertz CT molecular complexity index is 1810. The summed E-state index contributed by atoms with van der Waals surface area (Å²) in [6, 6.07) is 19.1. The summed E-state index contributed by atoms with van der Waals surface area (Å²) >= 11 is 0. The zero-order chi connectivity index (χ0) is 34.9. The van der Waals surface area contributed by atoms with Gasteiger partial charge in [-0.2, -0.15) is 0 Å². The molecule has 0 aliphatic heterocycles. The largest absolute Gasteiger partial charge is 0.497 e. The topological polar surface area (TPSA) is 110 Å². The molecule has 49 heavy (non-hydrogen) atoms. The molecule has 3 aromatic carbocycles. The van der Waals surface area contributed by atoms with Crippen LogP contribution in [0.15, 0.2) is 60.7 Å². The van der Waals surface area contributed by atoms with Crippen LogP contribution >= 0.6 is 0 Å². The smallest absolute Gasteiger partial charge is 0.260 e. The molecule has 5 rings (SSSR count). The number of carbonyl (C=O) groups is 1. The van der Waals surface area contributed by atoms with Crippen molar-refractivity contribution in [2.45, 2.75) is 65.8 Å². The van der Waals surface area contributed by atoms with Crippen LogP contribution in [0, 0.1) is 0 Å². The van der Waals surface area contributed by atoms with E-state index in [9.17, 15) is 4.79 Å². The fraction of sp³-hybridized carbons (Fsp3) is 0.368. The highest BCUT2D eigenvalue weighted by atomic mass is 16.5. The number of hydrogen-bond acceptors (Lipinski definition) is 10. The first-order valence-corrected chi connectivity index (χ1v) is 16.5. The third kappa shape index (κ3) is 8.05. The molecule has 0 radical (unpaired) electrons. The Hall–Kier alpha value is -5.32. The average molecular weight is 668 g/mol. The van der Waals surface area contributed by atoms with Gasteiger partial charge in [0.2, 0.25) is 0 Å². The lowest BCUT2D eigenvalue weighted by atomic mass is 10.1. The molecular formula is C38H45N5O6. The highest BCUT2D eigenvalue weighted by Gasteiger charge is 2.26. The van der Waals surface area contributed by atoms with Crippen LogP contribution in [0.1, 0.15) is 66.5 Å². The second kappa shape index (κ2) is 16.2. The van der Waals surface area contributed by atoms with Crippen LogP contribution in [0.25, 0.3) is 11.0 Å². The molecule has 0 fully saturated rings. The van der Waals surface area contributed by atoms with E-state index in [1.165, 1.54) is 0 Å². The van der Waals surface area contributed by atoms with Crippen molar-refractivity contribution in [3.8, 4) is 28.9 Å². The number of aromatic nitrogens is 4.